The van der Waals surface area contributed by atoms with E-state index in [0.717, 1.165) is 17.0 Å². The van der Waals surface area contributed by atoms with Crippen LogP contribution < -0.4 is 11.1 Å². The molecule has 1 aromatic heterocycles. The van der Waals surface area contributed by atoms with Crippen molar-refractivity contribution in [2.45, 2.75) is 45.6 Å². The Hall–Kier alpha value is -2.21. The first kappa shape index (κ1) is 17.2. The second-order valence-electron chi connectivity index (χ2n) is 7.77. The molecule has 0 aliphatic heterocycles. The number of nitrogens with two attached hydrogens (primary N) is 1. The van der Waals surface area contributed by atoms with Gasteiger partial charge in [-0.2, -0.15) is 5.10 Å². The molecule has 0 radical (unpaired) electrons. The number of nitrogens with zero attached hydrogens (tertiary/aromatic N) is 1. The summed E-state index contributed by atoms with van der Waals surface area (Å²) < 4.78 is 14.6. The number of carbonyl (C=O) groups excluding carboxylic acids is 1. The van der Waals surface area contributed by atoms with Crippen molar-refractivity contribution in [2.75, 3.05) is 5.32 Å². The normalized spacial score (nSPS) is 18.2. The van der Waals surface area contributed by atoms with Crippen LogP contribution in [0.3, 0.4) is 0 Å². The molecule has 6 heteroatoms. The molecule has 2 aliphatic rings. The van der Waals surface area contributed by atoms with E-state index in [4.69, 9.17) is 5.73 Å². The van der Waals surface area contributed by atoms with Gasteiger partial charge in [0.25, 0.3) is 0 Å². The molecular formula is C20H25FN4O. The summed E-state index contributed by atoms with van der Waals surface area (Å²) in [6.45, 7) is 3.70. The van der Waals surface area contributed by atoms with E-state index in [2.05, 4.69) is 15.5 Å². The molecule has 1 amide bonds. The van der Waals surface area contributed by atoms with Gasteiger partial charge in [0.1, 0.15) is 5.82 Å². The molecule has 0 bridgehead atoms. The van der Waals surface area contributed by atoms with Crippen molar-refractivity contribution in [1.82, 2.24) is 10.2 Å². The molecule has 0 saturated heterocycles. The smallest absolute Gasteiger partial charge is 0.241 e. The number of H-pyrrole nitrogens is 1. The van der Waals surface area contributed by atoms with Gasteiger partial charge in [-0.25, -0.2) is 4.39 Å². The highest BCUT2D eigenvalue weighted by Crippen LogP contribution is 2.50. The minimum atomic E-state index is -0.517. The Morgan fingerprint density at radius 2 is 1.92 bits per heavy atom. The summed E-state index contributed by atoms with van der Waals surface area (Å²) in [6, 6.07) is 4.24. The number of rotatable bonds is 6. The van der Waals surface area contributed by atoms with Crippen molar-refractivity contribution in [2.24, 2.45) is 23.5 Å². The molecule has 4 N–H and O–H groups in total. The number of hydrogen-bond acceptors (Lipinski definition) is 3. The number of halogens is 1. The lowest BCUT2D eigenvalue weighted by Crippen LogP contribution is -2.43. The Morgan fingerprint density at radius 1 is 1.27 bits per heavy atom. The molecule has 2 fully saturated rings. The van der Waals surface area contributed by atoms with Gasteiger partial charge in [-0.15, -0.1) is 0 Å². The van der Waals surface area contributed by atoms with Gasteiger partial charge in [-0.05, 0) is 75.5 Å². The highest BCUT2D eigenvalue weighted by molar-refractivity contribution is 5.95. The number of aromatic amines is 1. The predicted octanol–water partition coefficient (Wildman–Crippen LogP) is 3.53. The van der Waals surface area contributed by atoms with E-state index in [1.165, 1.54) is 31.7 Å². The zero-order chi connectivity index (χ0) is 18.4. The van der Waals surface area contributed by atoms with Crippen molar-refractivity contribution in [3.63, 3.8) is 0 Å². The third-order valence-corrected chi connectivity index (χ3v) is 5.68. The van der Waals surface area contributed by atoms with Gasteiger partial charge < -0.3 is 11.1 Å². The van der Waals surface area contributed by atoms with Crippen molar-refractivity contribution in [1.29, 1.82) is 0 Å². The molecule has 138 valence electrons. The number of aryl methyl sites for hydroxylation is 2. The maximum atomic E-state index is 14.6. The lowest BCUT2D eigenvalue weighted by molar-refractivity contribution is -0.118. The van der Waals surface area contributed by atoms with Crippen LogP contribution in [0.15, 0.2) is 18.2 Å². The standard InChI is InChI=1S/C20H25FN4O/c1-10-17(11(2)25-24-10)15-8-7-14(9-16(15)21)23-20(26)19(22)18(12-3-4-12)13-5-6-13/h7-9,12-13,18-19H,3-6,22H2,1-2H3,(H,23,26)(H,24,25)/t19-/m0/s1. The zero-order valence-electron chi connectivity index (χ0n) is 15.2. The number of nitrogens with one attached hydrogen (secondary N) is 2. The van der Waals surface area contributed by atoms with Gasteiger partial charge in [0.05, 0.1) is 11.7 Å². The van der Waals surface area contributed by atoms with E-state index >= 15 is 0 Å². The summed E-state index contributed by atoms with van der Waals surface area (Å²) in [4.78, 5) is 12.6. The summed E-state index contributed by atoms with van der Waals surface area (Å²) in [5, 5.41) is 9.78. The topological polar surface area (TPSA) is 83.8 Å². The van der Waals surface area contributed by atoms with E-state index in [9.17, 15) is 9.18 Å². The van der Waals surface area contributed by atoms with Crippen LogP contribution in [0.1, 0.15) is 37.1 Å². The van der Waals surface area contributed by atoms with Crippen LogP contribution in [0.5, 0.6) is 0 Å². The second kappa shape index (κ2) is 6.50. The molecule has 4 rings (SSSR count). The lowest BCUT2D eigenvalue weighted by Gasteiger charge is -2.23. The van der Waals surface area contributed by atoms with Crippen LogP contribution in [0.4, 0.5) is 10.1 Å². The van der Waals surface area contributed by atoms with E-state index in [1.54, 1.807) is 12.1 Å². The molecule has 26 heavy (non-hydrogen) atoms. The summed E-state index contributed by atoms with van der Waals surface area (Å²) in [6.07, 6.45) is 4.70. The van der Waals surface area contributed by atoms with Gasteiger partial charge >= 0.3 is 0 Å². The van der Waals surface area contributed by atoms with Crippen LogP contribution in [0, 0.1) is 37.4 Å². The number of carbonyl (C=O) groups is 1. The Labute approximate surface area is 152 Å². The molecule has 5 nitrogen and oxygen atoms in total. The van der Waals surface area contributed by atoms with Gasteiger partial charge in [0.2, 0.25) is 5.91 Å². The van der Waals surface area contributed by atoms with Crippen LogP contribution >= 0.6 is 0 Å². The average Bonchev–Trinajstić information content (AvgIpc) is 3.51. The van der Waals surface area contributed by atoms with Gasteiger partial charge in [0, 0.05) is 22.5 Å². The number of anilines is 1. The Balaban J connectivity index is 1.50. The molecule has 0 unspecified atom stereocenters. The van der Waals surface area contributed by atoms with Crippen molar-refractivity contribution in [3.8, 4) is 11.1 Å². The van der Waals surface area contributed by atoms with E-state index in [1.807, 2.05) is 13.8 Å². The second-order valence-corrected chi connectivity index (χ2v) is 7.77. The fourth-order valence-electron chi connectivity index (χ4n) is 4.08. The monoisotopic (exact) mass is 356 g/mol. The first-order valence-corrected chi connectivity index (χ1v) is 9.33. The van der Waals surface area contributed by atoms with Crippen molar-refractivity contribution in [3.05, 3.63) is 35.4 Å². The molecule has 0 spiro atoms. The number of aromatic nitrogens is 2. The Kier molecular flexibility index (Phi) is 4.31. The predicted molar refractivity (Wildman–Crippen MR) is 99.0 cm³/mol. The van der Waals surface area contributed by atoms with Crippen molar-refractivity contribution >= 4 is 11.6 Å². The van der Waals surface area contributed by atoms with Gasteiger partial charge in [-0.3, -0.25) is 9.89 Å². The molecule has 2 aliphatic carbocycles. The third kappa shape index (κ3) is 3.26. The highest BCUT2D eigenvalue weighted by atomic mass is 19.1. The minimum absolute atomic E-state index is 0.211. The largest absolute Gasteiger partial charge is 0.325 e. The average molecular weight is 356 g/mol. The first-order valence-electron chi connectivity index (χ1n) is 9.33. The molecule has 1 aromatic carbocycles. The summed E-state index contributed by atoms with van der Waals surface area (Å²) in [7, 11) is 0. The number of benzene rings is 1. The summed E-state index contributed by atoms with van der Waals surface area (Å²) >= 11 is 0. The van der Waals surface area contributed by atoms with E-state index < -0.39 is 6.04 Å². The Morgan fingerprint density at radius 3 is 2.42 bits per heavy atom. The summed E-state index contributed by atoms with van der Waals surface area (Å²) in [5.41, 5.74) is 9.50. The van der Waals surface area contributed by atoms with Crippen LogP contribution in [-0.2, 0) is 4.79 Å². The fraction of sp³-hybridized carbons (Fsp3) is 0.500. The number of amides is 1. The van der Waals surface area contributed by atoms with Crippen LogP contribution in [-0.4, -0.2) is 22.1 Å². The highest BCUT2D eigenvalue weighted by Gasteiger charge is 2.46. The van der Waals surface area contributed by atoms with Crippen LogP contribution in [0.2, 0.25) is 0 Å². The lowest BCUT2D eigenvalue weighted by atomic mass is 9.89. The fourth-order valence-corrected chi connectivity index (χ4v) is 4.08. The van der Waals surface area contributed by atoms with E-state index in [-0.39, 0.29) is 17.6 Å². The molecule has 1 atom stereocenters. The quantitative estimate of drug-likeness (QED) is 0.740. The SMILES string of the molecule is Cc1n[nH]c(C)c1-c1ccc(NC(=O)[C@@H](N)C(C2CC2)C2CC2)cc1F. The minimum Gasteiger partial charge on any atom is -0.325 e. The molecular weight excluding hydrogens is 331 g/mol. The van der Waals surface area contributed by atoms with Gasteiger partial charge in [-0.1, -0.05) is 0 Å². The van der Waals surface area contributed by atoms with E-state index in [0.29, 0.717) is 23.1 Å². The third-order valence-electron chi connectivity index (χ3n) is 5.68. The maximum Gasteiger partial charge on any atom is 0.241 e. The molecule has 1 heterocycles. The zero-order valence-corrected chi connectivity index (χ0v) is 15.2. The van der Waals surface area contributed by atoms with Crippen molar-refractivity contribution < 1.29 is 9.18 Å². The van der Waals surface area contributed by atoms with Gasteiger partial charge in [0.15, 0.2) is 0 Å². The first-order chi connectivity index (χ1) is 12.5. The Bertz CT molecular complexity index is 807. The molecule has 2 saturated carbocycles. The molecule has 2 aromatic rings. The number of hydrogen-bond donors (Lipinski definition) is 3. The van der Waals surface area contributed by atoms with Crippen LogP contribution in [0.25, 0.3) is 11.1 Å². The maximum absolute atomic E-state index is 14.6. The summed E-state index contributed by atoms with van der Waals surface area (Å²) in [5.74, 6) is 0.862.